The number of nitrogens with zero attached hydrogens (tertiary/aromatic N) is 2. The van der Waals surface area contributed by atoms with Crippen molar-refractivity contribution in [2.24, 2.45) is 0 Å². The second-order valence-electron chi connectivity index (χ2n) is 2.93. The summed E-state index contributed by atoms with van der Waals surface area (Å²) < 4.78 is 1.89. The number of rotatable bonds is 0. The SMILES string of the molecule is CN1CCn2ccc(Cl)c2C1=O. The lowest BCUT2D eigenvalue weighted by Crippen LogP contribution is -2.36. The van der Waals surface area contributed by atoms with Gasteiger partial charge < -0.3 is 9.47 Å². The molecule has 0 N–H and O–H groups in total. The number of fused-ring (bicyclic) bond motifs is 1. The van der Waals surface area contributed by atoms with E-state index < -0.39 is 0 Å². The highest BCUT2D eigenvalue weighted by Gasteiger charge is 2.23. The van der Waals surface area contributed by atoms with Gasteiger partial charge in [0.2, 0.25) is 0 Å². The van der Waals surface area contributed by atoms with Crippen molar-refractivity contribution >= 4 is 17.5 Å². The Morgan fingerprint density at radius 3 is 3.00 bits per heavy atom. The molecule has 1 aliphatic heterocycles. The van der Waals surface area contributed by atoms with Crippen molar-refractivity contribution in [3.8, 4) is 0 Å². The summed E-state index contributed by atoms with van der Waals surface area (Å²) >= 11 is 5.85. The van der Waals surface area contributed by atoms with Crippen LogP contribution in [0.3, 0.4) is 0 Å². The van der Waals surface area contributed by atoms with Gasteiger partial charge >= 0.3 is 0 Å². The lowest BCUT2D eigenvalue weighted by molar-refractivity contribution is 0.0749. The normalized spacial score (nSPS) is 16.5. The van der Waals surface area contributed by atoms with Crippen molar-refractivity contribution in [3.05, 3.63) is 23.0 Å². The van der Waals surface area contributed by atoms with Gasteiger partial charge in [0.15, 0.2) is 0 Å². The van der Waals surface area contributed by atoms with Crippen molar-refractivity contribution in [2.75, 3.05) is 13.6 Å². The first-order valence-corrected chi connectivity index (χ1v) is 4.18. The Morgan fingerprint density at radius 2 is 2.25 bits per heavy atom. The van der Waals surface area contributed by atoms with E-state index in [9.17, 15) is 4.79 Å². The smallest absolute Gasteiger partial charge is 0.271 e. The number of halogens is 1. The molecule has 0 aromatic carbocycles. The van der Waals surface area contributed by atoms with Crippen molar-refractivity contribution in [1.82, 2.24) is 9.47 Å². The summed E-state index contributed by atoms with van der Waals surface area (Å²) in [7, 11) is 1.79. The molecular weight excluding hydrogens is 176 g/mol. The molecule has 0 atom stereocenters. The molecule has 4 heteroatoms. The molecule has 0 saturated carbocycles. The number of aromatic nitrogens is 1. The fourth-order valence-electron chi connectivity index (χ4n) is 1.40. The minimum atomic E-state index is 0.0104. The third kappa shape index (κ3) is 0.932. The monoisotopic (exact) mass is 184 g/mol. The lowest BCUT2D eigenvalue weighted by Gasteiger charge is -2.24. The highest BCUT2D eigenvalue weighted by molar-refractivity contribution is 6.33. The van der Waals surface area contributed by atoms with Crippen molar-refractivity contribution in [1.29, 1.82) is 0 Å². The van der Waals surface area contributed by atoms with Crippen molar-refractivity contribution in [2.45, 2.75) is 6.54 Å². The Hall–Kier alpha value is -0.960. The molecule has 0 radical (unpaired) electrons. The standard InChI is InChI=1S/C8H9ClN2O/c1-10-4-5-11-3-2-6(9)7(11)8(10)12/h2-3H,4-5H2,1H3. The number of amides is 1. The summed E-state index contributed by atoms with van der Waals surface area (Å²) in [5.41, 5.74) is 0.616. The average molecular weight is 185 g/mol. The summed E-state index contributed by atoms with van der Waals surface area (Å²) in [6.07, 6.45) is 1.85. The maximum Gasteiger partial charge on any atom is 0.271 e. The van der Waals surface area contributed by atoms with E-state index in [1.54, 1.807) is 18.0 Å². The Labute approximate surface area is 75.5 Å². The quantitative estimate of drug-likeness (QED) is 0.596. The summed E-state index contributed by atoms with van der Waals surface area (Å²) in [5.74, 6) is 0.0104. The third-order valence-electron chi connectivity index (χ3n) is 2.14. The van der Waals surface area contributed by atoms with Crippen LogP contribution in [0.25, 0.3) is 0 Å². The Morgan fingerprint density at radius 1 is 1.50 bits per heavy atom. The van der Waals surface area contributed by atoms with Crippen molar-refractivity contribution in [3.63, 3.8) is 0 Å². The first kappa shape index (κ1) is 7.68. The van der Waals surface area contributed by atoms with E-state index >= 15 is 0 Å². The van der Waals surface area contributed by atoms with Crippen LogP contribution >= 0.6 is 11.6 Å². The number of carbonyl (C=O) groups is 1. The van der Waals surface area contributed by atoms with Crippen LogP contribution in [0.4, 0.5) is 0 Å². The van der Waals surface area contributed by atoms with Gasteiger partial charge in [-0.25, -0.2) is 0 Å². The minimum absolute atomic E-state index is 0.0104. The molecule has 0 saturated heterocycles. The molecule has 64 valence electrons. The van der Waals surface area contributed by atoms with E-state index in [0.29, 0.717) is 10.7 Å². The van der Waals surface area contributed by atoms with Crippen LogP contribution in [0.5, 0.6) is 0 Å². The van der Waals surface area contributed by atoms with Gasteiger partial charge in [0.05, 0.1) is 5.02 Å². The Kier molecular flexibility index (Phi) is 1.61. The van der Waals surface area contributed by atoms with Gasteiger partial charge in [-0.15, -0.1) is 0 Å². The Balaban J connectivity index is 2.53. The molecule has 3 nitrogen and oxygen atoms in total. The molecule has 0 aliphatic carbocycles. The van der Waals surface area contributed by atoms with Crippen molar-refractivity contribution < 1.29 is 4.79 Å². The van der Waals surface area contributed by atoms with E-state index in [4.69, 9.17) is 11.6 Å². The summed E-state index contributed by atoms with van der Waals surface area (Å²) in [6.45, 7) is 1.60. The molecule has 1 aromatic heterocycles. The van der Waals surface area contributed by atoms with Gasteiger partial charge in [-0.05, 0) is 6.07 Å². The predicted octanol–water partition coefficient (Wildman–Crippen LogP) is 1.23. The molecule has 0 fully saturated rings. The second kappa shape index (κ2) is 2.52. The van der Waals surface area contributed by atoms with Crippen LogP contribution in [0, 0.1) is 0 Å². The number of carbonyl (C=O) groups excluding carboxylic acids is 1. The van der Waals surface area contributed by atoms with Gasteiger partial charge in [-0.3, -0.25) is 4.79 Å². The summed E-state index contributed by atoms with van der Waals surface area (Å²) in [5, 5.41) is 0.548. The molecule has 0 bridgehead atoms. The third-order valence-corrected chi connectivity index (χ3v) is 2.44. The fourth-order valence-corrected chi connectivity index (χ4v) is 1.64. The van der Waals surface area contributed by atoms with E-state index in [-0.39, 0.29) is 5.91 Å². The minimum Gasteiger partial charge on any atom is -0.340 e. The molecular formula is C8H9ClN2O. The topological polar surface area (TPSA) is 25.2 Å². The van der Waals surface area contributed by atoms with E-state index in [2.05, 4.69) is 0 Å². The molecule has 0 spiro atoms. The molecule has 2 rings (SSSR count). The molecule has 1 aromatic rings. The number of hydrogen-bond acceptors (Lipinski definition) is 1. The van der Waals surface area contributed by atoms with Gasteiger partial charge in [0.1, 0.15) is 5.69 Å². The summed E-state index contributed by atoms with van der Waals surface area (Å²) in [6, 6.07) is 1.76. The van der Waals surface area contributed by atoms with Crippen LogP contribution < -0.4 is 0 Å². The van der Waals surface area contributed by atoms with Crippen LogP contribution in [0.2, 0.25) is 5.02 Å². The van der Waals surface area contributed by atoms with Gasteiger partial charge in [0.25, 0.3) is 5.91 Å². The van der Waals surface area contributed by atoms with E-state index in [1.807, 2.05) is 10.8 Å². The van der Waals surface area contributed by atoms with Crippen LogP contribution in [-0.4, -0.2) is 29.0 Å². The highest BCUT2D eigenvalue weighted by Crippen LogP contribution is 2.21. The molecule has 1 aliphatic rings. The lowest BCUT2D eigenvalue weighted by atomic mass is 10.3. The summed E-state index contributed by atoms with van der Waals surface area (Å²) in [4.78, 5) is 13.2. The molecule has 12 heavy (non-hydrogen) atoms. The molecule has 0 unspecified atom stereocenters. The predicted molar refractivity (Wildman–Crippen MR) is 46.4 cm³/mol. The zero-order chi connectivity index (χ0) is 8.72. The Bertz CT molecular complexity index is 332. The number of hydrogen-bond donors (Lipinski definition) is 0. The largest absolute Gasteiger partial charge is 0.340 e. The first-order valence-electron chi connectivity index (χ1n) is 3.80. The van der Waals surface area contributed by atoms with Crippen LogP contribution in [0.15, 0.2) is 12.3 Å². The average Bonchev–Trinajstić information content (AvgIpc) is 2.41. The van der Waals surface area contributed by atoms with Crippen LogP contribution in [-0.2, 0) is 6.54 Å². The second-order valence-corrected chi connectivity index (χ2v) is 3.34. The fraction of sp³-hybridized carbons (Fsp3) is 0.375. The van der Waals surface area contributed by atoms with Gasteiger partial charge in [-0.2, -0.15) is 0 Å². The molecule has 1 amide bonds. The van der Waals surface area contributed by atoms with Crippen LogP contribution in [0.1, 0.15) is 10.5 Å². The highest BCUT2D eigenvalue weighted by atomic mass is 35.5. The van der Waals surface area contributed by atoms with E-state index in [0.717, 1.165) is 13.1 Å². The maximum atomic E-state index is 11.5. The van der Waals surface area contributed by atoms with E-state index in [1.165, 1.54) is 0 Å². The zero-order valence-corrected chi connectivity index (χ0v) is 7.51. The number of likely N-dealkylation sites (N-methyl/N-ethyl adjacent to an activating group) is 1. The molecule has 2 heterocycles. The first-order chi connectivity index (χ1) is 5.70. The van der Waals surface area contributed by atoms with Gasteiger partial charge in [0, 0.05) is 26.3 Å². The maximum absolute atomic E-state index is 11.5. The zero-order valence-electron chi connectivity index (χ0n) is 6.75. The van der Waals surface area contributed by atoms with Gasteiger partial charge in [-0.1, -0.05) is 11.6 Å².